The Bertz CT molecular complexity index is 1240. The van der Waals surface area contributed by atoms with Crippen molar-refractivity contribution in [1.82, 2.24) is 5.32 Å². The number of anilines is 3. The van der Waals surface area contributed by atoms with E-state index in [1.807, 2.05) is 55.4 Å². The van der Waals surface area contributed by atoms with E-state index in [0.29, 0.717) is 0 Å². The first-order chi connectivity index (χ1) is 16.8. The summed E-state index contributed by atoms with van der Waals surface area (Å²) in [6.45, 7) is 1.02. The summed E-state index contributed by atoms with van der Waals surface area (Å²) in [5.74, 6) is -1.69. The first-order valence-corrected chi connectivity index (χ1v) is 11.3. The van der Waals surface area contributed by atoms with E-state index in [-0.39, 0.29) is 24.0 Å². The molecular weight excluding hydrogens is 446 g/mol. The molecule has 0 radical (unpaired) electrons. The number of carbonyl (C=O) groups is 2. The topological polar surface area (TPSA) is 108 Å². The Hall–Kier alpha value is -4.40. The van der Waals surface area contributed by atoms with E-state index in [1.54, 1.807) is 0 Å². The van der Waals surface area contributed by atoms with Crippen molar-refractivity contribution >= 4 is 34.6 Å². The van der Waals surface area contributed by atoms with E-state index in [1.165, 1.54) is 29.8 Å². The smallest absolute Gasteiger partial charge is 0.313 e. The van der Waals surface area contributed by atoms with Crippen LogP contribution < -0.4 is 20.4 Å². The number of hydrogen-bond acceptors (Lipinski definition) is 6. The summed E-state index contributed by atoms with van der Waals surface area (Å²) in [5, 5.41) is 16.1. The Morgan fingerprint density at radius 3 is 2.49 bits per heavy atom. The first kappa shape index (κ1) is 23.7. The Morgan fingerprint density at radius 1 is 1.03 bits per heavy atom. The molecule has 4 rings (SSSR count). The molecule has 0 aromatic heterocycles. The molecule has 1 aliphatic rings. The predicted octanol–water partition coefficient (Wildman–Crippen LogP) is 3.52. The Balaban J connectivity index is 1.50. The highest BCUT2D eigenvalue weighted by atomic mass is 16.6. The normalized spacial score (nSPS) is 13.0. The van der Waals surface area contributed by atoms with Crippen molar-refractivity contribution in [3.63, 3.8) is 0 Å². The van der Waals surface area contributed by atoms with Gasteiger partial charge < -0.3 is 20.4 Å². The van der Waals surface area contributed by atoms with Crippen LogP contribution >= 0.6 is 0 Å². The van der Waals surface area contributed by atoms with Gasteiger partial charge in [-0.15, -0.1) is 0 Å². The summed E-state index contributed by atoms with van der Waals surface area (Å²) >= 11 is 0. The van der Waals surface area contributed by atoms with E-state index < -0.39 is 16.7 Å². The highest BCUT2D eigenvalue weighted by molar-refractivity contribution is 6.39. The third-order valence-electron chi connectivity index (χ3n) is 6.07. The lowest BCUT2D eigenvalue weighted by molar-refractivity contribution is -0.384. The number of nitrogens with one attached hydrogen (secondary N) is 2. The molecule has 3 aromatic rings. The van der Waals surface area contributed by atoms with E-state index in [0.717, 1.165) is 29.9 Å². The molecule has 1 aliphatic heterocycles. The van der Waals surface area contributed by atoms with E-state index in [4.69, 9.17) is 0 Å². The highest BCUT2D eigenvalue weighted by Gasteiger charge is 2.28. The minimum Gasteiger partial charge on any atom is -0.378 e. The molecule has 2 N–H and O–H groups in total. The third kappa shape index (κ3) is 5.40. The number of carbonyl (C=O) groups excluding carboxylic acids is 2. The Morgan fingerprint density at radius 2 is 1.77 bits per heavy atom. The highest BCUT2D eigenvalue weighted by Crippen LogP contribution is 2.35. The molecule has 3 aromatic carbocycles. The second-order valence-corrected chi connectivity index (χ2v) is 8.55. The summed E-state index contributed by atoms with van der Waals surface area (Å²) in [6, 6.07) is 21.6. The van der Waals surface area contributed by atoms with E-state index >= 15 is 0 Å². The zero-order valence-electron chi connectivity index (χ0n) is 19.6. The molecule has 0 bridgehead atoms. The molecule has 0 saturated carbocycles. The van der Waals surface area contributed by atoms with Crippen molar-refractivity contribution in [3.05, 3.63) is 94.0 Å². The zero-order valence-corrected chi connectivity index (χ0v) is 19.6. The van der Waals surface area contributed by atoms with Crippen LogP contribution in [0.1, 0.15) is 17.2 Å². The molecule has 0 aliphatic carbocycles. The van der Waals surface area contributed by atoms with Gasteiger partial charge in [0.2, 0.25) is 0 Å². The van der Waals surface area contributed by atoms with Crippen molar-refractivity contribution in [2.24, 2.45) is 0 Å². The molecule has 35 heavy (non-hydrogen) atoms. The molecule has 180 valence electrons. The molecule has 0 fully saturated rings. The maximum atomic E-state index is 12.6. The largest absolute Gasteiger partial charge is 0.378 e. The molecule has 9 nitrogen and oxygen atoms in total. The molecule has 1 heterocycles. The van der Waals surface area contributed by atoms with Gasteiger partial charge in [0.05, 0.1) is 11.0 Å². The van der Waals surface area contributed by atoms with Gasteiger partial charge in [0, 0.05) is 56.4 Å². The van der Waals surface area contributed by atoms with Crippen LogP contribution in [0, 0.1) is 10.1 Å². The minimum atomic E-state index is -0.881. The average molecular weight is 474 g/mol. The SMILES string of the molecule is CN(C)c1ccc([C@H](CNC(=O)C(=O)Nc2cccc([N+](=O)[O-])c2)N2CCc3ccccc32)cc1. The van der Waals surface area contributed by atoms with Crippen LogP contribution in [-0.2, 0) is 16.0 Å². The van der Waals surface area contributed by atoms with Gasteiger partial charge >= 0.3 is 11.8 Å². The fourth-order valence-corrected chi connectivity index (χ4v) is 4.24. The Labute approximate surface area is 203 Å². The van der Waals surface area contributed by atoms with Gasteiger partial charge in [-0.2, -0.15) is 0 Å². The monoisotopic (exact) mass is 473 g/mol. The molecule has 0 spiro atoms. The van der Waals surface area contributed by atoms with Gasteiger partial charge in [-0.1, -0.05) is 36.4 Å². The number of nitro groups is 1. The second-order valence-electron chi connectivity index (χ2n) is 8.55. The number of benzene rings is 3. The van der Waals surface area contributed by atoms with Crippen molar-refractivity contribution < 1.29 is 14.5 Å². The van der Waals surface area contributed by atoms with Gasteiger partial charge in [-0.05, 0) is 41.8 Å². The standard InChI is InChI=1S/C26H27N5O4/c1-29(2)21-12-10-19(11-13-21)24(30-15-14-18-6-3-4-9-23(18)30)17-27-25(32)26(33)28-20-7-5-8-22(16-20)31(34)35/h3-13,16,24H,14-15,17H2,1-2H3,(H,27,32)(H,28,33)/t24-/m0/s1. The lowest BCUT2D eigenvalue weighted by atomic mass is 10.0. The fraction of sp³-hybridized carbons (Fsp3) is 0.231. The number of para-hydroxylation sites is 1. The summed E-state index contributed by atoms with van der Waals surface area (Å²) in [4.78, 5) is 39.8. The van der Waals surface area contributed by atoms with Gasteiger partial charge in [-0.3, -0.25) is 19.7 Å². The summed E-state index contributed by atoms with van der Waals surface area (Å²) in [7, 11) is 3.95. The van der Waals surface area contributed by atoms with Crippen LogP contribution in [0.2, 0.25) is 0 Å². The molecule has 0 saturated heterocycles. The molecule has 0 unspecified atom stereocenters. The summed E-state index contributed by atoms with van der Waals surface area (Å²) < 4.78 is 0. The van der Waals surface area contributed by atoms with Crippen LogP contribution in [0.4, 0.5) is 22.7 Å². The minimum absolute atomic E-state index is 0.169. The van der Waals surface area contributed by atoms with E-state index in [9.17, 15) is 19.7 Å². The van der Waals surface area contributed by atoms with Gasteiger partial charge in [0.1, 0.15) is 0 Å². The Kier molecular flexibility index (Phi) is 6.96. The van der Waals surface area contributed by atoms with Gasteiger partial charge in [0.15, 0.2) is 0 Å². The summed E-state index contributed by atoms with van der Waals surface area (Å²) in [6.07, 6.45) is 0.906. The quantitative estimate of drug-likeness (QED) is 0.309. The predicted molar refractivity (Wildman–Crippen MR) is 136 cm³/mol. The number of nitrogens with zero attached hydrogens (tertiary/aromatic N) is 3. The molecule has 9 heteroatoms. The number of hydrogen-bond donors (Lipinski definition) is 2. The van der Waals surface area contributed by atoms with Crippen LogP contribution in [0.5, 0.6) is 0 Å². The molecule has 1 atom stereocenters. The zero-order chi connectivity index (χ0) is 24.9. The molecule has 2 amide bonds. The van der Waals surface area contributed by atoms with Gasteiger partial charge in [0.25, 0.3) is 5.69 Å². The van der Waals surface area contributed by atoms with Crippen LogP contribution in [-0.4, -0.2) is 43.9 Å². The maximum Gasteiger partial charge on any atom is 0.313 e. The fourth-order valence-electron chi connectivity index (χ4n) is 4.24. The van der Waals surface area contributed by atoms with Gasteiger partial charge in [-0.25, -0.2) is 0 Å². The van der Waals surface area contributed by atoms with Crippen LogP contribution in [0.15, 0.2) is 72.8 Å². The first-order valence-electron chi connectivity index (χ1n) is 11.3. The molecular formula is C26H27N5O4. The summed E-state index contributed by atoms with van der Waals surface area (Å²) in [5.41, 5.74) is 4.46. The second kappa shape index (κ2) is 10.3. The number of rotatable bonds is 7. The van der Waals surface area contributed by atoms with Crippen molar-refractivity contribution in [2.45, 2.75) is 12.5 Å². The van der Waals surface area contributed by atoms with Crippen molar-refractivity contribution in [2.75, 3.05) is 42.3 Å². The number of amides is 2. The van der Waals surface area contributed by atoms with Crippen LogP contribution in [0.25, 0.3) is 0 Å². The average Bonchev–Trinajstić information content (AvgIpc) is 3.28. The number of fused-ring (bicyclic) bond motifs is 1. The van der Waals surface area contributed by atoms with Crippen molar-refractivity contribution in [1.29, 1.82) is 0 Å². The number of non-ortho nitro benzene ring substituents is 1. The lowest BCUT2D eigenvalue weighted by Crippen LogP contribution is -2.41. The maximum absolute atomic E-state index is 12.6. The number of nitro benzene ring substituents is 1. The third-order valence-corrected chi connectivity index (χ3v) is 6.07. The van der Waals surface area contributed by atoms with Crippen molar-refractivity contribution in [3.8, 4) is 0 Å². The lowest BCUT2D eigenvalue weighted by Gasteiger charge is -2.31. The van der Waals surface area contributed by atoms with Crippen LogP contribution in [0.3, 0.4) is 0 Å². The van der Waals surface area contributed by atoms with E-state index in [2.05, 4.69) is 27.7 Å².